The van der Waals surface area contributed by atoms with Crippen LogP contribution in [0.1, 0.15) is 25.7 Å². The Morgan fingerprint density at radius 2 is 1.03 bits per heavy atom. The van der Waals surface area contributed by atoms with Gasteiger partial charge in [0.05, 0.1) is 0 Å². The second-order valence-electron chi connectivity index (χ2n) is 7.20. The SMILES string of the molecule is NC(=NCl)N(CCCCCCN(C(=O)Nc1ccccc1)C(N)=NCl)C(=O)Nc1ccccc1. The fourth-order valence-electron chi connectivity index (χ4n) is 3.05. The van der Waals surface area contributed by atoms with Crippen LogP contribution >= 0.6 is 23.6 Å². The highest BCUT2D eigenvalue weighted by molar-refractivity contribution is 6.21. The molecule has 0 fully saturated rings. The molecule has 0 aromatic heterocycles. The van der Waals surface area contributed by atoms with E-state index in [2.05, 4.69) is 19.7 Å². The molecule has 0 radical (unpaired) electrons. The summed E-state index contributed by atoms with van der Waals surface area (Å²) >= 11 is 11.0. The number of nitrogens with one attached hydrogen (secondary N) is 2. The first-order chi connectivity index (χ1) is 16.5. The molecular weight excluding hydrogens is 479 g/mol. The van der Waals surface area contributed by atoms with E-state index in [4.69, 9.17) is 35.0 Å². The zero-order chi connectivity index (χ0) is 24.8. The first kappa shape index (κ1) is 26.7. The molecule has 34 heavy (non-hydrogen) atoms. The van der Waals surface area contributed by atoms with Gasteiger partial charge in [-0.1, -0.05) is 49.2 Å². The number of benzene rings is 2. The van der Waals surface area contributed by atoms with E-state index >= 15 is 0 Å². The smallest absolute Gasteiger partial charge is 0.328 e. The van der Waals surface area contributed by atoms with Crippen molar-refractivity contribution in [2.75, 3.05) is 23.7 Å². The van der Waals surface area contributed by atoms with Crippen molar-refractivity contribution in [2.24, 2.45) is 20.5 Å². The number of carbonyl (C=O) groups excluding carboxylic acids is 2. The summed E-state index contributed by atoms with van der Waals surface area (Å²) in [5.74, 6) is -0.185. The molecule has 0 aliphatic carbocycles. The van der Waals surface area contributed by atoms with Gasteiger partial charge in [-0.2, -0.15) is 0 Å². The van der Waals surface area contributed by atoms with Crippen LogP contribution < -0.4 is 22.1 Å². The van der Waals surface area contributed by atoms with Crippen LogP contribution in [0.2, 0.25) is 0 Å². The highest BCUT2D eigenvalue weighted by Gasteiger charge is 2.19. The maximum atomic E-state index is 12.6. The van der Waals surface area contributed by atoms with Gasteiger partial charge < -0.3 is 22.1 Å². The van der Waals surface area contributed by atoms with Gasteiger partial charge in [-0.05, 0) is 37.1 Å². The average Bonchev–Trinajstić information content (AvgIpc) is 2.86. The number of para-hydroxylation sites is 2. The van der Waals surface area contributed by atoms with Crippen molar-refractivity contribution in [3.05, 3.63) is 60.7 Å². The number of carbonyl (C=O) groups is 2. The van der Waals surface area contributed by atoms with E-state index in [9.17, 15) is 9.59 Å². The van der Waals surface area contributed by atoms with Crippen molar-refractivity contribution in [3.8, 4) is 0 Å². The van der Waals surface area contributed by atoms with E-state index in [1.807, 2.05) is 36.4 Å². The Morgan fingerprint density at radius 1 is 0.676 bits per heavy atom. The van der Waals surface area contributed by atoms with Crippen molar-refractivity contribution >= 4 is 58.9 Å². The molecule has 0 aliphatic rings. The van der Waals surface area contributed by atoms with E-state index < -0.39 is 12.1 Å². The molecule has 0 unspecified atom stereocenters. The maximum absolute atomic E-state index is 12.6. The van der Waals surface area contributed by atoms with E-state index in [0.717, 1.165) is 12.8 Å². The lowest BCUT2D eigenvalue weighted by Crippen LogP contribution is -2.45. The van der Waals surface area contributed by atoms with Gasteiger partial charge in [0, 0.05) is 48.0 Å². The molecule has 182 valence electrons. The molecule has 2 rings (SSSR count). The number of unbranched alkanes of at least 4 members (excludes halogenated alkanes) is 3. The highest BCUT2D eigenvalue weighted by Crippen LogP contribution is 2.11. The standard InChI is InChI=1S/C22H28Cl2N8O2/c23-29-19(25)31(21(33)27-17-11-5-3-6-12-17)15-9-1-2-10-16-32(20(26)30-24)22(34)28-18-13-7-4-8-14-18/h3-8,11-14H,1-2,9-10,15-16H2,(H2,25,29)(H2,26,30)(H,27,33)(H,28,34). The van der Waals surface area contributed by atoms with E-state index in [1.165, 1.54) is 9.80 Å². The fourth-order valence-corrected chi connectivity index (χ4v) is 3.23. The predicted octanol–water partition coefficient (Wildman–Crippen LogP) is 4.55. The molecule has 2 aromatic rings. The molecule has 0 atom stereocenters. The molecule has 0 spiro atoms. The van der Waals surface area contributed by atoms with Gasteiger partial charge in [-0.15, -0.1) is 9.02 Å². The lowest BCUT2D eigenvalue weighted by molar-refractivity contribution is 0.230. The number of guanidine groups is 2. The minimum atomic E-state index is -0.428. The minimum Gasteiger partial charge on any atom is -0.368 e. The summed E-state index contributed by atoms with van der Waals surface area (Å²) in [6.45, 7) is 0.647. The first-order valence-corrected chi connectivity index (χ1v) is 11.3. The first-order valence-electron chi connectivity index (χ1n) is 10.6. The molecule has 0 heterocycles. The number of rotatable bonds is 9. The summed E-state index contributed by atoms with van der Waals surface area (Å²) in [5, 5.41) is 5.50. The second-order valence-corrected chi connectivity index (χ2v) is 7.53. The number of hydrogen-bond acceptors (Lipinski definition) is 4. The number of nitrogens with two attached hydrogens (primary N) is 2. The van der Waals surface area contributed by atoms with Gasteiger partial charge in [0.2, 0.25) is 11.9 Å². The topological polar surface area (TPSA) is 141 Å². The largest absolute Gasteiger partial charge is 0.368 e. The summed E-state index contributed by atoms with van der Waals surface area (Å²) in [6.07, 6.45) is 2.81. The van der Waals surface area contributed by atoms with Gasteiger partial charge >= 0.3 is 12.1 Å². The van der Waals surface area contributed by atoms with E-state index in [-0.39, 0.29) is 11.9 Å². The molecule has 2 aromatic carbocycles. The Hall–Kier alpha value is -3.50. The molecule has 6 N–H and O–H groups in total. The number of amides is 4. The third kappa shape index (κ3) is 8.80. The van der Waals surface area contributed by atoms with Crippen LogP contribution in [0.4, 0.5) is 21.0 Å². The van der Waals surface area contributed by atoms with Crippen molar-refractivity contribution in [3.63, 3.8) is 0 Å². The van der Waals surface area contributed by atoms with E-state index in [1.54, 1.807) is 24.3 Å². The molecule has 0 saturated heterocycles. The zero-order valence-electron chi connectivity index (χ0n) is 18.5. The Balaban J connectivity index is 1.81. The normalized spacial score (nSPS) is 11.6. The minimum absolute atomic E-state index is 0.0926. The molecule has 0 aliphatic heterocycles. The summed E-state index contributed by atoms with van der Waals surface area (Å²) in [7, 11) is 0. The number of anilines is 2. The number of urea groups is 2. The zero-order valence-corrected chi connectivity index (χ0v) is 20.0. The monoisotopic (exact) mass is 506 g/mol. The molecule has 4 amide bonds. The molecular formula is C22H28Cl2N8O2. The van der Waals surface area contributed by atoms with Gasteiger partial charge in [-0.3, -0.25) is 9.80 Å². The van der Waals surface area contributed by atoms with Crippen LogP contribution in [-0.4, -0.2) is 46.9 Å². The quantitative estimate of drug-likeness (QED) is 0.224. The number of halogens is 2. The molecule has 12 heteroatoms. The Bertz CT molecular complexity index is 894. The van der Waals surface area contributed by atoms with Gasteiger partial charge in [0.1, 0.15) is 0 Å². The van der Waals surface area contributed by atoms with Crippen LogP contribution in [0.15, 0.2) is 69.7 Å². The second kappa shape index (κ2) is 14.6. The van der Waals surface area contributed by atoms with Crippen molar-refractivity contribution in [2.45, 2.75) is 25.7 Å². The third-order valence-electron chi connectivity index (χ3n) is 4.78. The van der Waals surface area contributed by atoms with Crippen molar-refractivity contribution < 1.29 is 9.59 Å². The van der Waals surface area contributed by atoms with Crippen LogP contribution in [0.25, 0.3) is 0 Å². The fraction of sp³-hybridized carbons (Fsp3) is 0.273. The number of nitrogens with zero attached hydrogens (tertiary/aromatic N) is 4. The Kier molecular flexibility index (Phi) is 11.5. The van der Waals surface area contributed by atoms with Crippen LogP contribution in [0.5, 0.6) is 0 Å². The van der Waals surface area contributed by atoms with Crippen LogP contribution in [-0.2, 0) is 0 Å². The van der Waals surface area contributed by atoms with Gasteiger partial charge in [0.15, 0.2) is 0 Å². The predicted molar refractivity (Wildman–Crippen MR) is 138 cm³/mol. The lowest BCUT2D eigenvalue weighted by atomic mass is 10.2. The number of hydrogen-bond donors (Lipinski definition) is 4. The summed E-state index contributed by atoms with van der Waals surface area (Å²) < 4.78 is 6.83. The Labute approximate surface area is 208 Å². The summed E-state index contributed by atoms with van der Waals surface area (Å²) in [6, 6.07) is 17.1. The Morgan fingerprint density at radius 3 is 1.35 bits per heavy atom. The van der Waals surface area contributed by atoms with Crippen molar-refractivity contribution in [1.82, 2.24) is 9.80 Å². The molecule has 0 saturated carbocycles. The van der Waals surface area contributed by atoms with Gasteiger partial charge in [-0.25, -0.2) is 9.59 Å². The highest BCUT2D eigenvalue weighted by atomic mass is 35.5. The molecule has 10 nitrogen and oxygen atoms in total. The summed E-state index contributed by atoms with van der Waals surface area (Å²) in [4.78, 5) is 27.7. The average molecular weight is 507 g/mol. The van der Waals surface area contributed by atoms with Crippen LogP contribution in [0.3, 0.4) is 0 Å². The van der Waals surface area contributed by atoms with Gasteiger partial charge in [0.25, 0.3) is 0 Å². The lowest BCUT2D eigenvalue weighted by Gasteiger charge is -2.22. The summed E-state index contributed by atoms with van der Waals surface area (Å²) in [5.41, 5.74) is 12.8. The van der Waals surface area contributed by atoms with E-state index in [0.29, 0.717) is 37.3 Å². The third-order valence-corrected chi connectivity index (χ3v) is 5.13. The maximum Gasteiger partial charge on any atom is 0.328 e. The molecule has 0 bridgehead atoms. The van der Waals surface area contributed by atoms with Crippen molar-refractivity contribution in [1.29, 1.82) is 0 Å². The van der Waals surface area contributed by atoms with Crippen LogP contribution in [0, 0.1) is 0 Å².